The molecule has 6 nitrogen and oxygen atoms in total. The van der Waals surface area contributed by atoms with Gasteiger partial charge in [0.05, 0.1) is 26.4 Å². The molecule has 1 atom stereocenters. The van der Waals surface area contributed by atoms with Crippen molar-refractivity contribution in [3.63, 3.8) is 0 Å². The summed E-state index contributed by atoms with van der Waals surface area (Å²) in [6.45, 7) is 4.44. The number of ether oxygens (including phenoxy) is 4. The molecule has 0 amide bonds. The van der Waals surface area contributed by atoms with Gasteiger partial charge in [-0.1, -0.05) is 36.4 Å². The molecule has 1 heterocycles. The Labute approximate surface area is 153 Å². The molecule has 1 aliphatic carbocycles. The van der Waals surface area contributed by atoms with E-state index >= 15 is 0 Å². The van der Waals surface area contributed by atoms with E-state index in [-0.39, 0.29) is 13.2 Å². The number of carbonyl (C=O) groups is 2. The van der Waals surface area contributed by atoms with Crippen molar-refractivity contribution in [3.05, 3.63) is 48.0 Å². The standard InChI is InChI=1S/C20H24O6/c1-3-23-17(21)20(18(22)24-4-2)16(15-9-6-5-7-10-15)11-12-19(20)25-13-8-14-26-19/h5-7,9-12,16H,3-4,8,13-14H2,1-2H3. The van der Waals surface area contributed by atoms with Crippen molar-refractivity contribution in [1.82, 2.24) is 0 Å². The number of hydrogen-bond acceptors (Lipinski definition) is 6. The predicted octanol–water partition coefficient (Wildman–Crippen LogP) is 2.59. The Bertz CT molecular complexity index is 657. The minimum absolute atomic E-state index is 0.136. The van der Waals surface area contributed by atoms with Crippen LogP contribution in [0, 0.1) is 5.41 Å². The molecule has 0 N–H and O–H groups in total. The second-order valence-corrected chi connectivity index (χ2v) is 6.21. The number of rotatable bonds is 5. The van der Waals surface area contributed by atoms with Crippen LogP contribution in [-0.4, -0.2) is 44.2 Å². The van der Waals surface area contributed by atoms with Gasteiger partial charge in [0.25, 0.3) is 0 Å². The van der Waals surface area contributed by atoms with E-state index in [2.05, 4.69) is 0 Å². The van der Waals surface area contributed by atoms with Crippen molar-refractivity contribution in [3.8, 4) is 0 Å². The molecule has 1 aromatic rings. The molecule has 1 unspecified atom stereocenters. The van der Waals surface area contributed by atoms with E-state index in [9.17, 15) is 9.59 Å². The molecule has 1 fully saturated rings. The topological polar surface area (TPSA) is 71.1 Å². The highest BCUT2D eigenvalue weighted by atomic mass is 16.7. The molecule has 140 valence electrons. The fraction of sp³-hybridized carbons (Fsp3) is 0.500. The van der Waals surface area contributed by atoms with Crippen LogP contribution in [0.1, 0.15) is 31.7 Å². The summed E-state index contributed by atoms with van der Waals surface area (Å²) in [5.41, 5.74) is -0.986. The van der Waals surface area contributed by atoms with Crippen LogP contribution in [0.15, 0.2) is 42.5 Å². The smallest absolute Gasteiger partial charge is 0.330 e. The molecule has 2 aliphatic rings. The van der Waals surface area contributed by atoms with E-state index in [0.717, 1.165) is 5.56 Å². The van der Waals surface area contributed by atoms with E-state index in [4.69, 9.17) is 18.9 Å². The summed E-state index contributed by atoms with van der Waals surface area (Å²) in [7, 11) is 0. The number of benzene rings is 1. The second kappa shape index (κ2) is 7.60. The van der Waals surface area contributed by atoms with E-state index in [1.807, 2.05) is 30.3 Å². The van der Waals surface area contributed by atoms with Crippen molar-refractivity contribution >= 4 is 11.9 Å². The van der Waals surface area contributed by atoms with Crippen LogP contribution in [0.5, 0.6) is 0 Å². The maximum absolute atomic E-state index is 13.2. The lowest BCUT2D eigenvalue weighted by atomic mass is 9.70. The van der Waals surface area contributed by atoms with Gasteiger partial charge >= 0.3 is 11.9 Å². The summed E-state index contributed by atoms with van der Waals surface area (Å²) in [5.74, 6) is -3.53. The van der Waals surface area contributed by atoms with Gasteiger partial charge in [-0.05, 0) is 31.9 Å². The van der Waals surface area contributed by atoms with Gasteiger partial charge in [0.1, 0.15) is 0 Å². The van der Waals surface area contributed by atoms with Gasteiger partial charge < -0.3 is 18.9 Å². The first-order valence-electron chi connectivity index (χ1n) is 8.99. The van der Waals surface area contributed by atoms with Crippen LogP contribution in [0.3, 0.4) is 0 Å². The number of esters is 2. The zero-order valence-corrected chi connectivity index (χ0v) is 15.1. The average molecular weight is 360 g/mol. The molecule has 0 radical (unpaired) electrons. The molecule has 1 aliphatic heterocycles. The van der Waals surface area contributed by atoms with Gasteiger partial charge in [0.15, 0.2) is 0 Å². The van der Waals surface area contributed by atoms with Crippen LogP contribution < -0.4 is 0 Å². The first-order chi connectivity index (χ1) is 12.6. The molecular weight excluding hydrogens is 336 g/mol. The van der Waals surface area contributed by atoms with Crippen molar-refractivity contribution in [2.75, 3.05) is 26.4 Å². The summed E-state index contributed by atoms with van der Waals surface area (Å²) in [6.07, 6.45) is 4.14. The van der Waals surface area contributed by atoms with Crippen LogP contribution >= 0.6 is 0 Å². The Morgan fingerprint density at radius 3 is 2.15 bits per heavy atom. The summed E-state index contributed by atoms with van der Waals surface area (Å²) in [5, 5.41) is 0. The Morgan fingerprint density at radius 1 is 1.04 bits per heavy atom. The maximum atomic E-state index is 13.2. The molecule has 0 saturated carbocycles. The van der Waals surface area contributed by atoms with Gasteiger partial charge in [-0.2, -0.15) is 0 Å². The molecule has 1 spiro atoms. The zero-order chi connectivity index (χ0) is 18.6. The van der Waals surface area contributed by atoms with Gasteiger partial charge in [-0.25, -0.2) is 0 Å². The van der Waals surface area contributed by atoms with Crippen molar-refractivity contribution in [2.24, 2.45) is 5.41 Å². The Balaban J connectivity index is 2.18. The predicted molar refractivity (Wildman–Crippen MR) is 93.3 cm³/mol. The number of carbonyl (C=O) groups excluding carboxylic acids is 2. The first-order valence-corrected chi connectivity index (χ1v) is 8.99. The summed E-state index contributed by atoms with van der Waals surface area (Å²) < 4.78 is 22.5. The minimum Gasteiger partial charge on any atom is -0.465 e. The summed E-state index contributed by atoms with van der Waals surface area (Å²) in [6, 6.07) is 9.33. The minimum atomic E-state index is -1.78. The summed E-state index contributed by atoms with van der Waals surface area (Å²) in [4.78, 5) is 26.4. The first kappa shape index (κ1) is 18.6. The average Bonchev–Trinajstić information content (AvgIpc) is 2.98. The highest BCUT2D eigenvalue weighted by molar-refractivity contribution is 6.04. The molecule has 1 aromatic carbocycles. The van der Waals surface area contributed by atoms with Crippen molar-refractivity contribution in [1.29, 1.82) is 0 Å². The molecule has 26 heavy (non-hydrogen) atoms. The molecular formula is C20H24O6. The summed E-state index contributed by atoms with van der Waals surface area (Å²) >= 11 is 0. The normalized spacial score (nSPS) is 22.9. The molecule has 3 rings (SSSR count). The fourth-order valence-electron chi connectivity index (χ4n) is 3.72. The maximum Gasteiger partial charge on any atom is 0.330 e. The lowest BCUT2D eigenvalue weighted by molar-refractivity contribution is -0.288. The Kier molecular flexibility index (Phi) is 5.44. The highest BCUT2D eigenvalue weighted by Crippen LogP contribution is 2.56. The third-order valence-electron chi connectivity index (χ3n) is 4.80. The van der Waals surface area contributed by atoms with Gasteiger partial charge in [-0.15, -0.1) is 0 Å². The molecule has 0 bridgehead atoms. The number of allylic oxidation sites excluding steroid dienone is 1. The molecule has 1 saturated heterocycles. The van der Waals surface area contributed by atoms with E-state index in [1.165, 1.54) is 0 Å². The SMILES string of the molecule is CCOC(=O)C1(C(=O)OCC)C(c2ccccc2)C=CC12OCCCO2. The van der Waals surface area contributed by atoms with E-state index in [0.29, 0.717) is 19.6 Å². The fourth-order valence-corrected chi connectivity index (χ4v) is 3.72. The monoisotopic (exact) mass is 360 g/mol. The quantitative estimate of drug-likeness (QED) is 0.457. The number of hydrogen-bond donors (Lipinski definition) is 0. The lowest BCUT2D eigenvalue weighted by Crippen LogP contribution is -2.62. The third kappa shape index (κ3) is 2.73. The Hall–Kier alpha value is -2.18. The van der Waals surface area contributed by atoms with Crippen molar-refractivity contribution in [2.45, 2.75) is 32.0 Å². The van der Waals surface area contributed by atoms with Gasteiger partial charge in [0, 0.05) is 5.92 Å². The highest BCUT2D eigenvalue weighted by Gasteiger charge is 2.72. The zero-order valence-electron chi connectivity index (χ0n) is 15.1. The van der Waals surface area contributed by atoms with Crippen molar-refractivity contribution < 1.29 is 28.5 Å². The molecule has 6 heteroatoms. The van der Waals surface area contributed by atoms with E-state index < -0.39 is 29.1 Å². The Morgan fingerprint density at radius 2 is 1.62 bits per heavy atom. The van der Waals surface area contributed by atoms with Crippen LogP contribution in [-0.2, 0) is 28.5 Å². The van der Waals surface area contributed by atoms with E-state index in [1.54, 1.807) is 26.0 Å². The third-order valence-corrected chi connectivity index (χ3v) is 4.80. The van der Waals surface area contributed by atoms with Crippen LogP contribution in [0.4, 0.5) is 0 Å². The second-order valence-electron chi connectivity index (χ2n) is 6.21. The molecule has 0 aromatic heterocycles. The van der Waals surface area contributed by atoms with Crippen LogP contribution in [0.25, 0.3) is 0 Å². The van der Waals surface area contributed by atoms with Crippen LogP contribution in [0.2, 0.25) is 0 Å². The lowest BCUT2D eigenvalue weighted by Gasteiger charge is -2.45. The van der Waals surface area contributed by atoms with Gasteiger partial charge in [0.2, 0.25) is 11.2 Å². The van der Waals surface area contributed by atoms with Gasteiger partial charge in [-0.3, -0.25) is 9.59 Å². The largest absolute Gasteiger partial charge is 0.465 e.